The summed E-state index contributed by atoms with van der Waals surface area (Å²) in [7, 11) is 2.23. The fraction of sp³-hybridized carbons (Fsp3) is 1.00. The molecule has 0 amide bonds. The van der Waals surface area contributed by atoms with Crippen molar-refractivity contribution in [3.05, 3.63) is 0 Å². The molecule has 88 valence electrons. The van der Waals surface area contributed by atoms with Gasteiger partial charge < -0.3 is 10.1 Å². The van der Waals surface area contributed by atoms with E-state index in [1.165, 1.54) is 19.3 Å². The number of hydrogen-bond acceptors (Lipinski definition) is 3. The molecule has 2 fully saturated rings. The van der Waals surface area contributed by atoms with Crippen LogP contribution < -0.4 is 5.32 Å². The second-order valence-corrected chi connectivity index (χ2v) is 5.13. The van der Waals surface area contributed by atoms with Crippen LogP contribution >= 0.6 is 0 Å². The number of hydrogen-bond donors (Lipinski definition) is 1. The minimum absolute atomic E-state index is 0.401. The van der Waals surface area contributed by atoms with E-state index in [0.29, 0.717) is 18.2 Å². The maximum absolute atomic E-state index is 5.61. The van der Waals surface area contributed by atoms with Crippen LogP contribution in [0.5, 0.6) is 0 Å². The van der Waals surface area contributed by atoms with Crippen molar-refractivity contribution in [3.63, 3.8) is 0 Å². The van der Waals surface area contributed by atoms with Gasteiger partial charge in [0.2, 0.25) is 0 Å². The molecule has 1 saturated heterocycles. The van der Waals surface area contributed by atoms with Crippen LogP contribution in [0.1, 0.15) is 33.1 Å². The van der Waals surface area contributed by atoms with Crippen molar-refractivity contribution in [2.24, 2.45) is 0 Å². The quantitative estimate of drug-likeness (QED) is 0.742. The van der Waals surface area contributed by atoms with E-state index in [4.69, 9.17) is 4.74 Å². The molecule has 1 saturated carbocycles. The molecular formula is C12H24N2O. The molecular weight excluding hydrogens is 188 g/mol. The minimum atomic E-state index is 0.401. The Morgan fingerprint density at radius 1 is 1.40 bits per heavy atom. The van der Waals surface area contributed by atoms with Gasteiger partial charge in [0.05, 0.1) is 6.10 Å². The third-order valence-electron chi connectivity index (χ3n) is 3.83. The van der Waals surface area contributed by atoms with Gasteiger partial charge in [-0.1, -0.05) is 0 Å². The predicted molar refractivity (Wildman–Crippen MR) is 62.1 cm³/mol. The van der Waals surface area contributed by atoms with E-state index in [2.05, 4.69) is 31.1 Å². The van der Waals surface area contributed by atoms with Crippen molar-refractivity contribution in [2.75, 3.05) is 20.2 Å². The molecule has 0 aromatic carbocycles. The first-order chi connectivity index (χ1) is 7.18. The number of ether oxygens (including phenoxy) is 1. The predicted octanol–water partition coefficient (Wildman–Crippen LogP) is 1.24. The molecule has 1 N–H and O–H groups in total. The number of likely N-dealkylation sites (N-methyl/N-ethyl adjacent to an activating group) is 1. The van der Waals surface area contributed by atoms with E-state index in [-0.39, 0.29) is 0 Å². The molecule has 2 rings (SSSR count). The van der Waals surface area contributed by atoms with Crippen molar-refractivity contribution in [1.82, 2.24) is 10.2 Å². The van der Waals surface area contributed by atoms with E-state index in [9.17, 15) is 0 Å². The lowest BCUT2D eigenvalue weighted by molar-refractivity contribution is 0.0703. The maximum atomic E-state index is 5.61. The molecule has 3 atom stereocenters. The first-order valence-corrected chi connectivity index (χ1v) is 6.25. The molecule has 15 heavy (non-hydrogen) atoms. The van der Waals surface area contributed by atoms with E-state index in [1.807, 2.05) is 0 Å². The first kappa shape index (κ1) is 11.4. The molecule has 0 spiro atoms. The lowest BCUT2D eigenvalue weighted by Gasteiger charge is -2.32. The van der Waals surface area contributed by atoms with Gasteiger partial charge in [-0.05, 0) is 40.2 Å². The maximum Gasteiger partial charge on any atom is 0.0703 e. The zero-order valence-electron chi connectivity index (χ0n) is 10.2. The van der Waals surface area contributed by atoms with Crippen LogP contribution in [0.25, 0.3) is 0 Å². The van der Waals surface area contributed by atoms with Crippen molar-refractivity contribution >= 4 is 0 Å². The monoisotopic (exact) mass is 212 g/mol. The minimum Gasteiger partial charge on any atom is -0.377 e. The van der Waals surface area contributed by atoms with E-state index >= 15 is 0 Å². The standard InChI is InChI=1S/C12H24N2O/c1-9(8-13-11-4-5-11)14(3)12-6-7-15-10(12)2/h9-13H,4-8H2,1-3H3. The Morgan fingerprint density at radius 2 is 2.13 bits per heavy atom. The van der Waals surface area contributed by atoms with E-state index in [0.717, 1.165) is 19.2 Å². The summed E-state index contributed by atoms with van der Waals surface area (Å²) >= 11 is 0. The van der Waals surface area contributed by atoms with Crippen LogP contribution in [0.3, 0.4) is 0 Å². The van der Waals surface area contributed by atoms with Crippen molar-refractivity contribution in [1.29, 1.82) is 0 Å². The van der Waals surface area contributed by atoms with Crippen molar-refractivity contribution in [2.45, 2.75) is 57.3 Å². The summed E-state index contributed by atoms with van der Waals surface area (Å²) in [6.45, 7) is 6.54. The summed E-state index contributed by atoms with van der Waals surface area (Å²) in [5.41, 5.74) is 0. The highest BCUT2D eigenvalue weighted by molar-refractivity contribution is 4.86. The largest absolute Gasteiger partial charge is 0.377 e. The molecule has 0 aromatic heterocycles. The average Bonchev–Trinajstić information content (AvgIpc) is 2.96. The summed E-state index contributed by atoms with van der Waals surface area (Å²) in [5, 5.41) is 3.59. The number of rotatable bonds is 5. The SMILES string of the molecule is CC1OCCC1N(C)C(C)CNC1CC1. The van der Waals surface area contributed by atoms with Gasteiger partial charge in [0.1, 0.15) is 0 Å². The topological polar surface area (TPSA) is 24.5 Å². The zero-order valence-corrected chi connectivity index (χ0v) is 10.2. The molecule has 1 heterocycles. The molecule has 3 unspecified atom stereocenters. The third kappa shape index (κ3) is 2.92. The average molecular weight is 212 g/mol. The van der Waals surface area contributed by atoms with Crippen LogP contribution in [0.4, 0.5) is 0 Å². The fourth-order valence-corrected chi connectivity index (χ4v) is 2.35. The molecule has 0 bridgehead atoms. The van der Waals surface area contributed by atoms with Crippen LogP contribution in [0, 0.1) is 0 Å². The van der Waals surface area contributed by atoms with Gasteiger partial charge in [0.15, 0.2) is 0 Å². The molecule has 1 aliphatic carbocycles. The summed E-state index contributed by atoms with van der Waals surface area (Å²) in [4.78, 5) is 2.48. The second kappa shape index (κ2) is 4.81. The Balaban J connectivity index is 1.74. The van der Waals surface area contributed by atoms with E-state index < -0.39 is 0 Å². The van der Waals surface area contributed by atoms with Crippen LogP contribution in [-0.2, 0) is 4.74 Å². The summed E-state index contributed by atoms with van der Waals surface area (Å²) in [6.07, 6.45) is 4.34. The Morgan fingerprint density at radius 3 is 2.67 bits per heavy atom. The third-order valence-corrected chi connectivity index (χ3v) is 3.83. The molecule has 0 aromatic rings. The van der Waals surface area contributed by atoms with Gasteiger partial charge in [-0.3, -0.25) is 4.90 Å². The van der Waals surface area contributed by atoms with Gasteiger partial charge in [0, 0.05) is 31.3 Å². The highest BCUT2D eigenvalue weighted by atomic mass is 16.5. The van der Waals surface area contributed by atoms with Crippen molar-refractivity contribution in [3.8, 4) is 0 Å². The summed E-state index contributed by atoms with van der Waals surface area (Å²) < 4.78 is 5.61. The number of nitrogens with one attached hydrogen (secondary N) is 1. The molecule has 1 aliphatic heterocycles. The second-order valence-electron chi connectivity index (χ2n) is 5.13. The van der Waals surface area contributed by atoms with Gasteiger partial charge in [-0.25, -0.2) is 0 Å². The fourth-order valence-electron chi connectivity index (χ4n) is 2.35. The Kier molecular flexibility index (Phi) is 3.65. The van der Waals surface area contributed by atoms with Crippen molar-refractivity contribution < 1.29 is 4.74 Å². The molecule has 3 nitrogen and oxygen atoms in total. The molecule has 0 radical (unpaired) electrons. The Bertz CT molecular complexity index is 206. The van der Waals surface area contributed by atoms with Gasteiger partial charge >= 0.3 is 0 Å². The van der Waals surface area contributed by atoms with Gasteiger partial charge in [0.25, 0.3) is 0 Å². The molecule has 2 aliphatic rings. The normalized spacial score (nSPS) is 33.6. The highest BCUT2D eigenvalue weighted by Gasteiger charge is 2.30. The van der Waals surface area contributed by atoms with Gasteiger partial charge in [-0.2, -0.15) is 0 Å². The molecule has 3 heteroatoms. The van der Waals surface area contributed by atoms with Gasteiger partial charge in [-0.15, -0.1) is 0 Å². The summed E-state index contributed by atoms with van der Waals surface area (Å²) in [6, 6.07) is 2.04. The van der Waals surface area contributed by atoms with Crippen LogP contribution in [0.2, 0.25) is 0 Å². The van der Waals surface area contributed by atoms with Crippen LogP contribution in [0.15, 0.2) is 0 Å². The van der Waals surface area contributed by atoms with Crippen LogP contribution in [-0.4, -0.2) is 49.3 Å². The van der Waals surface area contributed by atoms with E-state index in [1.54, 1.807) is 0 Å². The zero-order chi connectivity index (χ0) is 10.8. The Hall–Kier alpha value is -0.120. The highest BCUT2D eigenvalue weighted by Crippen LogP contribution is 2.21. The Labute approximate surface area is 93.2 Å². The smallest absolute Gasteiger partial charge is 0.0703 e. The first-order valence-electron chi connectivity index (χ1n) is 6.25. The number of nitrogens with zero attached hydrogens (tertiary/aromatic N) is 1. The lowest BCUT2D eigenvalue weighted by atomic mass is 10.1. The summed E-state index contributed by atoms with van der Waals surface area (Å²) in [5.74, 6) is 0. The lowest BCUT2D eigenvalue weighted by Crippen LogP contribution is -2.46.